The number of hydrogen-bond acceptors (Lipinski definition) is 7. The minimum Gasteiger partial charge on any atom is -0.493 e. The van der Waals surface area contributed by atoms with E-state index in [1.807, 2.05) is 13.8 Å². The normalized spacial score (nSPS) is 14.9. The van der Waals surface area contributed by atoms with Gasteiger partial charge >= 0.3 is 12.0 Å². The molecule has 9 nitrogen and oxygen atoms in total. The van der Waals surface area contributed by atoms with E-state index in [4.69, 9.17) is 25.5 Å². The molecule has 3 amide bonds. The molecule has 10 heteroatoms. The molecule has 1 aliphatic heterocycles. The number of furan rings is 1. The first kappa shape index (κ1) is 22.2. The summed E-state index contributed by atoms with van der Waals surface area (Å²) in [5.41, 5.74) is 0.592. The molecule has 1 aromatic heterocycles. The number of amides is 3. The third kappa shape index (κ3) is 4.83. The molecule has 0 radical (unpaired) electrons. The summed E-state index contributed by atoms with van der Waals surface area (Å²) < 4.78 is 20.9. The topological polar surface area (TPSA) is 107 Å². The summed E-state index contributed by atoms with van der Waals surface area (Å²) in [6, 6.07) is 5.53. The van der Waals surface area contributed by atoms with Crippen molar-refractivity contribution in [3.8, 4) is 11.5 Å². The van der Waals surface area contributed by atoms with Crippen LogP contribution < -0.4 is 14.8 Å². The minimum absolute atomic E-state index is 0.0224. The predicted molar refractivity (Wildman–Crippen MR) is 111 cm³/mol. The van der Waals surface area contributed by atoms with Gasteiger partial charge in [0, 0.05) is 0 Å². The lowest BCUT2D eigenvalue weighted by Gasteiger charge is -2.15. The Morgan fingerprint density at radius 1 is 1.26 bits per heavy atom. The number of hydrogen-bond donors (Lipinski definition) is 1. The molecule has 1 aromatic carbocycles. The van der Waals surface area contributed by atoms with E-state index in [0.29, 0.717) is 22.1 Å². The summed E-state index contributed by atoms with van der Waals surface area (Å²) in [5.74, 6) is -0.189. The van der Waals surface area contributed by atoms with Crippen LogP contribution in [0.15, 0.2) is 34.4 Å². The maximum Gasteiger partial charge on any atom is 0.373 e. The highest BCUT2D eigenvalue weighted by Gasteiger charge is 2.34. The van der Waals surface area contributed by atoms with Gasteiger partial charge in [-0.15, -0.1) is 0 Å². The lowest BCUT2D eigenvalue weighted by Crippen LogP contribution is -2.30. The van der Waals surface area contributed by atoms with Gasteiger partial charge in [0.1, 0.15) is 11.5 Å². The van der Waals surface area contributed by atoms with Crippen molar-refractivity contribution in [2.24, 2.45) is 0 Å². The Morgan fingerprint density at radius 2 is 2.00 bits per heavy atom. The van der Waals surface area contributed by atoms with Crippen LogP contribution in [0.4, 0.5) is 4.79 Å². The van der Waals surface area contributed by atoms with Gasteiger partial charge in [-0.25, -0.2) is 9.59 Å². The summed E-state index contributed by atoms with van der Waals surface area (Å²) in [6.45, 7) is 3.57. The average Bonchev–Trinajstić information content (AvgIpc) is 3.29. The quantitative estimate of drug-likeness (QED) is 0.391. The number of methoxy groups -OCH3 is 2. The number of nitrogens with zero attached hydrogens (tertiary/aromatic N) is 1. The van der Waals surface area contributed by atoms with Crippen LogP contribution in [0.5, 0.6) is 11.5 Å². The molecule has 2 heterocycles. The largest absolute Gasteiger partial charge is 0.493 e. The first-order chi connectivity index (χ1) is 14.7. The van der Waals surface area contributed by atoms with Crippen LogP contribution in [0.2, 0.25) is 5.02 Å². The molecule has 2 aromatic rings. The summed E-state index contributed by atoms with van der Waals surface area (Å²) in [7, 11) is 2.70. The molecule has 0 aliphatic carbocycles. The Labute approximate surface area is 183 Å². The van der Waals surface area contributed by atoms with Crippen LogP contribution in [0.25, 0.3) is 6.08 Å². The van der Waals surface area contributed by atoms with E-state index in [0.717, 1.165) is 4.90 Å². The number of benzene rings is 1. The molecule has 31 heavy (non-hydrogen) atoms. The van der Waals surface area contributed by atoms with Crippen molar-refractivity contribution >= 4 is 35.6 Å². The Balaban J connectivity index is 1.82. The number of esters is 1. The second kappa shape index (κ2) is 9.13. The van der Waals surface area contributed by atoms with Gasteiger partial charge in [0.25, 0.3) is 5.91 Å². The SMILES string of the molecule is COC(=O)c1ccc(CN2C(=O)NC(=Cc3cc(Cl)c(OC(C)C)c(OC)c3)C2=O)o1. The fourth-order valence-electron chi connectivity index (χ4n) is 2.88. The Kier molecular flexibility index (Phi) is 6.55. The van der Waals surface area contributed by atoms with E-state index in [1.165, 1.54) is 32.4 Å². The van der Waals surface area contributed by atoms with E-state index >= 15 is 0 Å². The van der Waals surface area contributed by atoms with Gasteiger partial charge in [0.2, 0.25) is 5.76 Å². The van der Waals surface area contributed by atoms with E-state index < -0.39 is 17.9 Å². The summed E-state index contributed by atoms with van der Waals surface area (Å²) >= 11 is 6.32. The highest BCUT2D eigenvalue weighted by molar-refractivity contribution is 6.32. The van der Waals surface area contributed by atoms with Gasteiger partial charge in [-0.05, 0) is 49.8 Å². The van der Waals surface area contributed by atoms with Crippen molar-refractivity contribution in [2.75, 3.05) is 14.2 Å². The minimum atomic E-state index is -0.653. The average molecular weight is 449 g/mol. The second-order valence-electron chi connectivity index (χ2n) is 6.84. The first-order valence-corrected chi connectivity index (χ1v) is 9.67. The molecular formula is C21H21ClN2O7. The zero-order chi connectivity index (χ0) is 22.7. The smallest absolute Gasteiger partial charge is 0.373 e. The van der Waals surface area contributed by atoms with Gasteiger partial charge in [-0.2, -0.15) is 0 Å². The van der Waals surface area contributed by atoms with E-state index in [2.05, 4.69) is 10.1 Å². The summed E-state index contributed by atoms with van der Waals surface area (Å²) in [4.78, 5) is 37.5. The zero-order valence-electron chi connectivity index (χ0n) is 17.4. The number of carbonyl (C=O) groups is 3. The van der Waals surface area contributed by atoms with Crippen LogP contribution in [-0.2, 0) is 16.1 Å². The van der Waals surface area contributed by atoms with Crippen LogP contribution in [0.1, 0.15) is 35.7 Å². The van der Waals surface area contributed by atoms with Gasteiger partial charge < -0.3 is 23.9 Å². The van der Waals surface area contributed by atoms with Crippen molar-refractivity contribution in [3.63, 3.8) is 0 Å². The molecule has 0 bridgehead atoms. The lowest BCUT2D eigenvalue weighted by molar-refractivity contribution is -0.123. The number of rotatable bonds is 7. The van der Waals surface area contributed by atoms with E-state index in [9.17, 15) is 14.4 Å². The van der Waals surface area contributed by atoms with Crippen molar-refractivity contribution < 1.29 is 33.0 Å². The molecule has 1 aliphatic rings. The van der Waals surface area contributed by atoms with Crippen LogP contribution in [0, 0.1) is 0 Å². The summed E-state index contributed by atoms with van der Waals surface area (Å²) in [6.07, 6.45) is 1.37. The molecular weight excluding hydrogens is 428 g/mol. The molecule has 164 valence electrons. The first-order valence-electron chi connectivity index (χ1n) is 9.29. The number of imide groups is 1. The van der Waals surface area contributed by atoms with Gasteiger partial charge in [-0.3, -0.25) is 9.69 Å². The third-order valence-electron chi connectivity index (χ3n) is 4.24. The standard InChI is InChI=1S/C21H21ClN2O7/c1-11(2)30-18-14(22)7-12(9-17(18)28-3)8-15-19(25)24(21(27)23-15)10-13-5-6-16(31-13)20(26)29-4/h5-9,11H,10H2,1-4H3,(H,23,27). The fourth-order valence-corrected chi connectivity index (χ4v) is 3.15. The Hall–Kier alpha value is -3.46. The van der Waals surface area contributed by atoms with Gasteiger partial charge in [0.15, 0.2) is 11.5 Å². The van der Waals surface area contributed by atoms with Crippen molar-refractivity contribution in [3.05, 3.63) is 52.1 Å². The molecule has 0 atom stereocenters. The molecule has 0 unspecified atom stereocenters. The van der Waals surface area contributed by atoms with Crippen LogP contribution >= 0.6 is 11.6 Å². The number of urea groups is 1. The molecule has 1 fully saturated rings. The van der Waals surface area contributed by atoms with Crippen molar-refractivity contribution in [2.45, 2.75) is 26.5 Å². The maximum atomic E-state index is 12.7. The third-order valence-corrected chi connectivity index (χ3v) is 4.52. The number of nitrogens with one attached hydrogen (secondary N) is 1. The molecule has 0 saturated carbocycles. The lowest BCUT2D eigenvalue weighted by atomic mass is 10.1. The number of halogens is 1. The maximum absolute atomic E-state index is 12.7. The molecule has 3 rings (SSSR count). The molecule has 0 spiro atoms. The molecule has 1 saturated heterocycles. The molecule has 1 N–H and O–H groups in total. The Bertz CT molecular complexity index is 1060. The zero-order valence-corrected chi connectivity index (χ0v) is 18.1. The summed E-state index contributed by atoms with van der Waals surface area (Å²) in [5, 5.41) is 2.82. The van der Waals surface area contributed by atoms with Crippen molar-refractivity contribution in [1.82, 2.24) is 10.2 Å². The highest BCUT2D eigenvalue weighted by atomic mass is 35.5. The highest BCUT2D eigenvalue weighted by Crippen LogP contribution is 2.37. The van der Waals surface area contributed by atoms with Crippen LogP contribution in [-0.4, -0.2) is 43.1 Å². The van der Waals surface area contributed by atoms with E-state index in [1.54, 1.807) is 12.1 Å². The number of ether oxygens (including phenoxy) is 3. The van der Waals surface area contributed by atoms with Gasteiger partial charge in [-0.1, -0.05) is 11.6 Å². The van der Waals surface area contributed by atoms with Crippen molar-refractivity contribution in [1.29, 1.82) is 0 Å². The van der Waals surface area contributed by atoms with E-state index in [-0.39, 0.29) is 29.9 Å². The monoisotopic (exact) mass is 448 g/mol. The van der Waals surface area contributed by atoms with Gasteiger partial charge in [0.05, 0.1) is 31.9 Å². The predicted octanol–water partition coefficient (Wildman–Crippen LogP) is 3.61. The van der Waals surface area contributed by atoms with Crippen LogP contribution in [0.3, 0.4) is 0 Å². The fraction of sp³-hybridized carbons (Fsp3) is 0.286. The Morgan fingerprint density at radius 3 is 2.65 bits per heavy atom. The number of carbonyl (C=O) groups excluding carboxylic acids is 3. The second-order valence-corrected chi connectivity index (χ2v) is 7.24.